The van der Waals surface area contributed by atoms with Gasteiger partial charge in [0.25, 0.3) is 0 Å². The second kappa shape index (κ2) is 4.97. The normalized spacial score (nSPS) is 34.8. The van der Waals surface area contributed by atoms with E-state index in [0.717, 1.165) is 45.1 Å². The molecule has 0 amide bonds. The summed E-state index contributed by atoms with van der Waals surface area (Å²) in [5.41, 5.74) is 6.31. The summed E-state index contributed by atoms with van der Waals surface area (Å²) in [7, 11) is 0. The molecule has 0 unspecified atom stereocenters. The molecule has 0 heterocycles. The Labute approximate surface area is 81.8 Å². The van der Waals surface area contributed by atoms with Crippen LogP contribution in [0.1, 0.15) is 52.4 Å². The van der Waals surface area contributed by atoms with Gasteiger partial charge >= 0.3 is 0 Å². The second-order valence-electron chi connectivity index (χ2n) is 4.29. The van der Waals surface area contributed by atoms with Crippen molar-refractivity contribution in [1.82, 2.24) is 0 Å². The molecule has 1 rings (SSSR count). The maximum Gasteiger partial charge on any atom is 0.0576 e. The predicted molar refractivity (Wildman–Crippen MR) is 55.7 cm³/mol. The Morgan fingerprint density at radius 3 is 2.38 bits per heavy atom. The van der Waals surface area contributed by atoms with E-state index in [1.165, 1.54) is 0 Å². The Morgan fingerprint density at radius 1 is 1.31 bits per heavy atom. The first-order valence-corrected chi connectivity index (χ1v) is 5.60. The maximum atomic E-state index is 6.19. The summed E-state index contributed by atoms with van der Waals surface area (Å²) in [6, 6.07) is 0. The largest absolute Gasteiger partial charge is 0.378 e. The highest BCUT2D eigenvalue weighted by atomic mass is 16.5. The molecule has 1 fully saturated rings. The molecule has 0 aromatic rings. The first kappa shape index (κ1) is 11.0. The SMILES string of the molecule is CCCO[C@H]1CC[C@](N)(CC)CC1. The molecule has 0 radical (unpaired) electrons. The molecule has 13 heavy (non-hydrogen) atoms. The monoisotopic (exact) mass is 185 g/mol. The lowest BCUT2D eigenvalue weighted by molar-refractivity contribution is 0.0132. The zero-order chi connectivity index (χ0) is 9.73. The van der Waals surface area contributed by atoms with Gasteiger partial charge in [0.1, 0.15) is 0 Å². The van der Waals surface area contributed by atoms with Crippen LogP contribution in [0.5, 0.6) is 0 Å². The molecule has 1 aliphatic carbocycles. The van der Waals surface area contributed by atoms with Crippen LogP contribution in [-0.4, -0.2) is 18.2 Å². The molecule has 0 atom stereocenters. The van der Waals surface area contributed by atoms with Crippen LogP contribution in [0.15, 0.2) is 0 Å². The van der Waals surface area contributed by atoms with Crippen LogP contribution in [0.25, 0.3) is 0 Å². The second-order valence-corrected chi connectivity index (χ2v) is 4.29. The molecule has 0 saturated heterocycles. The molecule has 2 N–H and O–H groups in total. The van der Waals surface area contributed by atoms with Crippen LogP contribution in [0.2, 0.25) is 0 Å². The standard InChI is InChI=1S/C11H23NO/c1-3-9-13-10-5-7-11(12,4-2)8-6-10/h10H,3-9,12H2,1-2H3/t10-,11+. The van der Waals surface area contributed by atoms with Crippen molar-refractivity contribution in [2.24, 2.45) is 5.73 Å². The number of rotatable bonds is 4. The lowest BCUT2D eigenvalue weighted by Gasteiger charge is -2.36. The van der Waals surface area contributed by atoms with Gasteiger partial charge in [-0.1, -0.05) is 13.8 Å². The van der Waals surface area contributed by atoms with Crippen molar-refractivity contribution < 1.29 is 4.74 Å². The van der Waals surface area contributed by atoms with E-state index in [2.05, 4.69) is 13.8 Å². The molecule has 2 nitrogen and oxygen atoms in total. The van der Waals surface area contributed by atoms with E-state index in [4.69, 9.17) is 10.5 Å². The Kier molecular flexibility index (Phi) is 4.20. The highest BCUT2D eigenvalue weighted by Gasteiger charge is 2.29. The van der Waals surface area contributed by atoms with Gasteiger partial charge in [-0.25, -0.2) is 0 Å². The number of nitrogens with two attached hydrogens (primary N) is 1. The van der Waals surface area contributed by atoms with Gasteiger partial charge in [0.2, 0.25) is 0 Å². The molecule has 0 aromatic carbocycles. The topological polar surface area (TPSA) is 35.2 Å². The fraction of sp³-hybridized carbons (Fsp3) is 1.00. The third-order valence-electron chi connectivity index (χ3n) is 3.19. The Hall–Kier alpha value is -0.0800. The minimum absolute atomic E-state index is 0.117. The first-order chi connectivity index (χ1) is 6.20. The summed E-state index contributed by atoms with van der Waals surface area (Å²) in [6.07, 6.45) is 7.30. The summed E-state index contributed by atoms with van der Waals surface area (Å²) >= 11 is 0. The molecule has 2 heteroatoms. The van der Waals surface area contributed by atoms with Gasteiger partial charge in [0, 0.05) is 12.1 Å². The molecule has 1 saturated carbocycles. The third kappa shape index (κ3) is 3.28. The summed E-state index contributed by atoms with van der Waals surface area (Å²) in [6.45, 7) is 5.25. The smallest absolute Gasteiger partial charge is 0.0576 e. The fourth-order valence-electron chi connectivity index (χ4n) is 1.97. The van der Waals surface area contributed by atoms with Crippen LogP contribution in [-0.2, 0) is 4.74 Å². The first-order valence-electron chi connectivity index (χ1n) is 5.60. The van der Waals surface area contributed by atoms with E-state index in [0.29, 0.717) is 6.10 Å². The molecule has 78 valence electrons. The van der Waals surface area contributed by atoms with Gasteiger partial charge < -0.3 is 10.5 Å². The van der Waals surface area contributed by atoms with Crippen molar-refractivity contribution in [3.8, 4) is 0 Å². The fourth-order valence-corrected chi connectivity index (χ4v) is 1.97. The third-order valence-corrected chi connectivity index (χ3v) is 3.19. The van der Waals surface area contributed by atoms with Crippen molar-refractivity contribution in [1.29, 1.82) is 0 Å². The summed E-state index contributed by atoms with van der Waals surface area (Å²) in [5, 5.41) is 0. The quantitative estimate of drug-likeness (QED) is 0.730. The van der Waals surface area contributed by atoms with Crippen molar-refractivity contribution in [2.75, 3.05) is 6.61 Å². The van der Waals surface area contributed by atoms with Crippen LogP contribution >= 0.6 is 0 Å². The van der Waals surface area contributed by atoms with E-state index in [9.17, 15) is 0 Å². The lowest BCUT2D eigenvalue weighted by atomic mass is 9.79. The highest BCUT2D eigenvalue weighted by Crippen LogP contribution is 2.30. The van der Waals surface area contributed by atoms with Gasteiger partial charge in [-0.3, -0.25) is 0 Å². The van der Waals surface area contributed by atoms with Crippen LogP contribution in [0.3, 0.4) is 0 Å². The van der Waals surface area contributed by atoms with Crippen molar-refractivity contribution in [2.45, 2.75) is 64.0 Å². The predicted octanol–water partition coefficient (Wildman–Crippen LogP) is 2.46. The van der Waals surface area contributed by atoms with E-state index in [1.807, 2.05) is 0 Å². The number of hydrogen-bond donors (Lipinski definition) is 1. The molecule has 0 aromatic heterocycles. The van der Waals surface area contributed by atoms with Crippen LogP contribution < -0.4 is 5.73 Å². The molecule has 0 bridgehead atoms. The van der Waals surface area contributed by atoms with E-state index in [-0.39, 0.29) is 5.54 Å². The van der Waals surface area contributed by atoms with E-state index in [1.54, 1.807) is 0 Å². The average molecular weight is 185 g/mol. The number of hydrogen-bond acceptors (Lipinski definition) is 2. The summed E-state index contributed by atoms with van der Waals surface area (Å²) < 4.78 is 5.71. The number of ether oxygens (including phenoxy) is 1. The summed E-state index contributed by atoms with van der Waals surface area (Å²) in [5.74, 6) is 0. The van der Waals surface area contributed by atoms with Gasteiger partial charge in [0.15, 0.2) is 0 Å². The van der Waals surface area contributed by atoms with Crippen LogP contribution in [0.4, 0.5) is 0 Å². The molecular weight excluding hydrogens is 162 g/mol. The molecule has 1 aliphatic rings. The zero-order valence-corrected chi connectivity index (χ0v) is 9.01. The lowest BCUT2D eigenvalue weighted by Crippen LogP contribution is -2.44. The Balaban J connectivity index is 2.22. The molecule has 0 spiro atoms. The molecular formula is C11H23NO. The van der Waals surface area contributed by atoms with E-state index >= 15 is 0 Å². The van der Waals surface area contributed by atoms with Crippen molar-refractivity contribution in [3.63, 3.8) is 0 Å². The van der Waals surface area contributed by atoms with E-state index < -0.39 is 0 Å². The molecule has 0 aliphatic heterocycles. The summed E-state index contributed by atoms with van der Waals surface area (Å²) in [4.78, 5) is 0. The Morgan fingerprint density at radius 2 is 1.92 bits per heavy atom. The average Bonchev–Trinajstić information content (AvgIpc) is 2.17. The van der Waals surface area contributed by atoms with Gasteiger partial charge in [-0.15, -0.1) is 0 Å². The van der Waals surface area contributed by atoms with Gasteiger partial charge in [0.05, 0.1) is 6.10 Å². The van der Waals surface area contributed by atoms with Gasteiger partial charge in [-0.2, -0.15) is 0 Å². The zero-order valence-electron chi connectivity index (χ0n) is 9.01. The Bertz CT molecular complexity index is 139. The van der Waals surface area contributed by atoms with Crippen molar-refractivity contribution in [3.05, 3.63) is 0 Å². The van der Waals surface area contributed by atoms with Crippen molar-refractivity contribution >= 4 is 0 Å². The highest BCUT2D eigenvalue weighted by molar-refractivity contribution is 4.88. The van der Waals surface area contributed by atoms with Crippen LogP contribution in [0, 0.1) is 0 Å². The maximum absolute atomic E-state index is 6.19. The van der Waals surface area contributed by atoms with Gasteiger partial charge in [-0.05, 0) is 38.5 Å². The minimum Gasteiger partial charge on any atom is -0.378 e. The minimum atomic E-state index is 0.117.